The van der Waals surface area contributed by atoms with Crippen LogP contribution in [0.4, 0.5) is 24.5 Å². The molecular weight excluding hydrogens is 497 g/mol. The molecule has 0 aliphatic carbocycles. The van der Waals surface area contributed by atoms with Crippen molar-refractivity contribution in [2.45, 2.75) is 25.8 Å². The van der Waals surface area contributed by atoms with Crippen molar-refractivity contribution in [3.8, 4) is 11.3 Å². The Hall–Kier alpha value is -3.70. The lowest BCUT2D eigenvalue weighted by Crippen LogP contribution is -2.43. The maximum atomic E-state index is 14.5. The third-order valence-electron chi connectivity index (χ3n) is 5.95. The molecule has 0 bridgehead atoms. The van der Waals surface area contributed by atoms with Gasteiger partial charge in [-0.3, -0.25) is 4.79 Å². The van der Waals surface area contributed by atoms with E-state index in [1.165, 1.54) is 6.20 Å². The molecule has 188 valence electrons. The van der Waals surface area contributed by atoms with Crippen LogP contribution in [0, 0.1) is 24.4 Å². The number of fused-ring (bicyclic) bond motifs is 1. The number of hydrogen-bond donors (Lipinski definition) is 2. The van der Waals surface area contributed by atoms with Crippen LogP contribution in [0.5, 0.6) is 0 Å². The largest absolute Gasteiger partial charge is 0.368 e. The van der Waals surface area contributed by atoms with Gasteiger partial charge in [-0.15, -0.1) is 12.4 Å². The van der Waals surface area contributed by atoms with E-state index in [-0.39, 0.29) is 24.1 Å². The van der Waals surface area contributed by atoms with Gasteiger partial charge in [-0.25, -0.2) is 23.1 Å². The Labute approximate surface area is 210 Å². The first-order valence-electron chi connectivity index (χ1n) is 11.0. The van der Waals surface area contributed by atoms with Gasteiger partial charge in [-0.2, -0.15) is 0 Å². The topological polar surface area (TPSA) is 110 Å². The average molecular weight is 519 g/mol. The summed E-state index contributed by atoms with van der Waals surface area (Å²) in [5, 5.41) is 7.37. The molecule has 1 fully saturated rings. The van der Waals surface area contributed by atoms with Gasteiger partial charge in [0.2, 0.25) is 0 Å². The van der Waals surface area contributed by atoms with Crippen molar-refractivity contribution in [1.29, 1.82) is 0 Å². The Morgan fingerprint density at radius 1 is 1.17 bits per heavy atom. The number of anilines is 2. The van der Waals surface area contributed by atoms with Gasteiger partial charge in [-0.1, -0.05) is 11.2 Å². The number of nitrogens with zero attached hydrogens (tertiary/aromatic N) is 4. The van der Waals surface area contributed by atoms with Crippen LogP contribution >= 0.6 is 12.4 Å². The zero-order chi connectivity index (χ0) is 24.7. The number of rotatable bonds is 4. The van der Waals surface area contributed by atoms with Crippen LogP contribution in [0.15, 0.2) is 41.1 Å². The molecule has 3 N–H and O–H groups in total. The molecule has 5 rings (SSSR count). The molecule has 1 aliphatic rings. The number of amides is 1. The standard InChI is InChI=1S/C24H21F3N6O2.ClH/c1-12-19-22(33-9-3-4-13(28)11-33)18(10-29-24(19)35-32-12)31-23(34)17-8-7-16(27)21(30-17)20-14(25)5-2-6-15(20)26;/h2,5-8,10,13H,3-4,9,11,28H2,1H3,(H,31,34);1H/t13-;/m0./s1. The van der Waals surface area contributed by atoms with Crippen molar-refractivity contribution in [1.82, 2.24) is 15.1 Å². The molecule has 1 saturated heterocycles. The fourth-order valence-electron chi connectivity index (χ4n) is 4.32. The Morgan fingerprint density at radius 2 is 1.92 bits per heavy atom. The summed E-state index contributed by atoms with van der Waals surface area (Å²) in [7, 11) is 0. The van der Waals surface area contributed by atoms with Crippen molar-refractivity contribution in [2.24, 2.45) is 5.73 Å². The number of aryl methyl sites for hydroxylation is 1. The van der Waals surface area contributed by atoms with E-state index in [4.69, 9.17) is 10.3 Å². The number of benzene rings is 1. The van der Waals surface area contributed by atoms with E-state index in [2.05, 4.69) is 20.4 Å². The fourth-order valence-corrected chi connectivity index (χ4v) is 4.32. The molecule has 1 atom stereocenters. The average Bonchev–Trinajstić information content (AvgIpc) is 3.20. The molecule has 0 radical (unpaired) electrons. The number of nitrogens with one attached hydrogen (secondary N) is 1. The molecule has 0 spiro atoms. The molecule has 1 aliphatic heterocycles. The highest BCUT2D eigenvalue weighted by Gasteiger charge is 2.26. The van der Waals surface area contributed by atoms with Crippen LogP contribution in [-0.2, 0) is 0 Å². The predicted octanol–water partition coefficient (Wildman–Crippen LogP) is 4.61. The summed E-state index contributed by atoms with van der Waals surface area (Å²) in [5.41, 5.74) is 6.62. The Bertz CT molecular complexity index is 1430. The van der Waals surface area contributed by atoms with Crippen molar-refractivity contribution in [3.05, 3.63) is 65.4 Å². The zero-order valence-corrected chi connectivity index (χ0v) is 19.9. The maximum absolute atomic E-state index is 14.5. The third kappa shape index (κ3) is 4.59. The highest BCUT2D eigenvalue weighted by molar-refractivity contribution is 6.08. The summed E-state index contributed by atoms with van der Waals surface area (Å²) in [6.45, 7) is 3.02. The number of carbonyl (C=O) groups is 1. The van der Waals surface area contributed by atoms with Gasteiger partial charge >= 0.3 is 0 Å². The highest BCUT2D eigenvalue weighted by atomic mass is 35.5. The van der Waals surface area contributed by atoms with Crippen LogP contribution in [0.25, 0.3) is 22.4 Å². The second-order valence-electron chi connectivity index (χ2n) is 8.39. The lowest BCUT2D eigenvalue weighted by Gasteiger charge is -2.34. The summed E-state index contributed by atoms with van der Waals surface area (Å²) in [6.07, 6.45) is 3.17. The van der Waals surface area contributed by atoms with Gasteiger partial charge in [0.25, 0.3) is 11.6 Å². The molecule has 3 aromatic heterocycles. The third-order valence-corrected chi connectivity index (χ3v) is 5.95. The second kappa shape index (κ2) is 10.1. The van der Waals surface area contributed by atoms with E-state index in [0.717, 1.165) is 43.2 Å². The minimum absolute atomic E-state index is 0. The smallest absolute Gasteiger partial charge is 0.274 e. The first kappa shape index (κ1) is 25.4. The van der Waals surface area contributed by atoms with Gasteiger partial charge in [-0.05, 0) is 44.0 Å². The predicted molar refractivity (Wildman–Crippen MR) is 131 cm³/mol. The number of carbonyl (C=O) groups excluding carboxylic acids is 1. The van der Waals surface area contributed by atoms with Crippen LogP contribution < -0.4 is 16.0 Å². The number of hydrogen-bond acceptors (Lipinski definition) is 7. The molecule has 4 aromatic rings. The number of nitrogens with two attached hydrogens (primary N) is 1. The number of pyridine rings is 2. The second-order valence-corrected chi connectivity index (χ2v) is 8.39. The Balaban J connectivity index is 0.00000304. The summed E-state index contributed by atoms with van der Waals surface area (Å²) >= 11 is 0. The molecule has 8 nitrogen and oxygen atoms in total. The van der Waals surface area contributed by atoms with Gasteiger partial charge < -0.3 is 20.5 Å². The molecule has 0 saturated carbocycles. The van der Waals surface area contributed by atoms with Gasteiger partial charge in [0.05, 0.1) is 34.2 Å². The molecule has 0 unspecified atom stereocenters. The monoisotopic (exact) mass is 518 g/mol. The number of halogens is 4. The quantitative estimate of drug-likeness (QED) is 0.406. The van der Waals surface area contributed by atoms with Crippen molar-refractivity contribution in [2.75, 3.05) is 23.3 Å². The van der Waals surface area contributed by atoms with Crippen molar-refractivity contribution in [3.63, 3.8) is 0 Å². The van der Waals surface area contributed by atoms with E-state index in [9.17, 15) is 18.0 Å². The van der Waals surface area contributed by atoms with Gasteiger partial charge in [0, 0.05) is 19.1 Å². The van der Waals surface area contributed by atoms with E-state index in [1.54, 1.807) is 6.92 Å². The van der Waals surface area contributed by atoms with Gasteiger partial charge in [0.1, 0.15) is 28.8 Å². The maximum Gasteiger partial charge on any atom is 0.274 e. The van der Waals surface area contributed by atoms with Crippen molar-refractivity contribution < 1.29 is 22.5 Å². The summed E-state index contributed by atoms with van der Waals surface area (Å²) in [6, 6.07) is 5.17. The van der Waals surface area contributed by atoms with Crippen LogP contribution in [0.3, 0.4) is 0 Å². The zero-order valence-electron chi connectivity index (χ0n) is 19.1. The number of aromatic nitrogens is 3. The molecule has 1 amide bonds. The van der Waals surface area contributed by atoms with Crippen LogP contribution in [0.2, 0.25) is 0 Å². The van der Waals surface area contributed by atoms with E-state index < -0.39 is 34.6 Å². The molecule has 36 heavy (non-hydrogen) atoms. The summed E-state index contributed by atoms with van der Waals surface area (Å²) < 4.78 is 48.3. The first-order valence-corrected chi connectivity index (χ1v) is 11.0. The Kier molecular flexibility index (Phi) is 7.14. The summed E-state index contributed by atoms with van der Waals surface area (Å²) in [5.74, 6) is -3.65. The lowest BCUT2D eigenvalue weighted by atomic mass is 10.0. The first-order chi connectivity index (χ1) is 16.8. The SMILES string of the molecule is Cc1noc2ncc(NC(=O)c3ccc(F)c(-c4c(F)cccc4F)n3)c(N3CCC[C@H](N)C3)c12.Cl. The molecular formula is C24H22ClF3N6O2. The molecule has 12 heteroatoms. The minimum Gasteiger partial charge on any atom is -0.368 e. The summed E-state index contributed by atoms with van der Waals surface area (Å²) in [4.78, 5) is 23.4. The lowest BCUT2D eigenvalue weighted by molar-refractivity contribution is 0.102. The molecule has 4 heterocycles. The van der Waals surface area contributed by atoms with Crippen LogP contribution in [0.1, 0.15) is 29.0 Å². The van der Waals surface area contributed by atoms with E-state index in [1.807, 2.05) is 4.90 Å². The molecule has 1 aromatic carbocycles. The number of piperidine rings is 1. The highest BCUT2D eigenvalue weighted by Crippen LogP contribution is 2.37. The van der Waals surface area contributed by atoms with Gasteiger partial charge in [0.15, 0.2) is 0 Å². The Morgan fingerprint density at radius 3 is 2.64 bits per heavy atom. The van der Waals surface area contributed by atoms with Crippen molar-refractivity contribution >= 4 is 40.8 Å². The normalized spacial score (nSPS) is 15.6. The fraction of sp³-hybridized carbons (Fsp3) is 0.250. The minimum atomic E-state index is -0.990. The van der Waals surface area contributed by atoms with Crippen LogP contribution in [-0.4, -0.2) is 40.2 Å². The van der Waals surface area contributed by atoms with E-state index in [0.29, 0.717) is 41.3 Å². The van der Waals surface area contributed by atoms with E-state index >= 15 is 0 Å².